The topological polar surface area (TPSA) is 56.5 Å². The van der Waals surface area contributed by atoms with Gasteiger partial charge in [0.1, 0.15) is 5.82 Å². The van der Waals surface area contributed by atoms with Crippen LogP contribution >= 0.6 is 11.6 Å². The normalized spacial score (nSPS) is 14.0. The van der Waals surface area contributed by atoms with Crippen LogP contribution in [-0.4, -0.2) is 13.3 Å². The molecule has 3 N–H and O–H groups in total. The number of nitrogens with two attached hydrogens (primary N) is 1. The van der Waals surface area contributed by atoms with Crippen LogP contribution in [0.4, 0.5) is 10.1 Å². The maximum atomic E-state index is 13.4. The molecule has 2 aromatic rings. The number of anilines is 1. The van der Waals surface area contributed by atoms with Gasteiger partial charge in [-0.25, -0.2) is 4.39 Å². The second-order valence-corrected chi connectivity index (χ2v) is 5.14. The summed E-state index contributed by atoms with van der Waals surface area (Å²) in [6.07, 6.45) is 0. The monoisotopic (exact) mass is 308 g/mol. The van der Waals surface area contributed by atoms with Crippen LogP contribution in [0.15, 0.2) is 36.4 Å². The van der Waals surface area contributed by atoms with Crippen LogP contribution in [0.5, 0.6) is 11.5 Å². The fraction of sp³-hybridized carbons (Fsp3) is 0.200. The number of nitrogens with one attached hydrogen (secondary N) is 1. The lowest BCUT2D eigenvalue weighted by Gasteiger charge is -2.19. The van der Waals surface area contributed by atoms with Crippen molar-refractivity contribution < 1.29 is 13.9 Å². The van der Waals surface area contributed by atoms with Gasteiger partial charge in [-0.2, -0.15) is 0 Å². The van der Waals surface area contributed by atoms with Gasteiger partial charge in [0.05, 0.1) is 6.04 Å². The van der Waals surface area contributed by atoms with Crippen LogP contribution in [0.2, 0.25) is 5.02 Å². The molecule has 0 saturated heterocycles. The molecule has 1 atom stereocenters. The van der Waals surface area contributed by atoms with E-state index in [2.05, 4.69) is 5.32 Å². The zero-order valence-electron chi connectivity index (χ0n) is 11.1. The van der Waals surface area contributed by atoms with E-state index in [0.29, 0.717) is 28.8 Å². The van der Waals surface area contributed by atoms with E-state index in [1.807, 2.05) is 18.2 Å². The van der Waals surface area contributed by atoms with Crippen molar-refractivity contribution in [3.8, 4) is 11.5 Å². The highest BCUT2D eigenvalue weighted by Gasteiger charge is 2.17. The summed E-state index contributed by atoms with van der Waals surface area (Å²) in [7, 11) is 0. The van der Waals surface area contributed by atoms with Gasteiger partial charge in [-0.3, -0.25) is 0 Å². The van der Waals surface area contributed by atoms with E-state index >= 15 is 0 Å². The predicted molar refractivity (Wildman–Crippen MR) is 79.4 cm³/mol. The molecule has 1 aliphatic heterocycles. The van der Waals surface area contributed by atoms with Gasteiger partial charge in [0.25, 0.3) is 0 Å². The SMILES string of the molecule is NCC(Nc1cc(F)cc(Cl)c1)c1ccc2c(c1)OCO2. The molecule has 1 aliphatic rings. The van der Waals surface area contributed by atoms with Gasteiger partial charge in [-0.1, -0.05) is 17.7 Å². The summed E-state index contributed by atoms with van der Waals surface area (Å²) in [5, 5.41) is 3.50. The van der Waals surface area contributed by atoms with Crippen LogP contribution in [0, 0.1) is 5.82 Å². The number of halogens is 2. The zero-order chi connectivity index (χ0) is 14.8. The molecular formula is C15H14ClFN2O2. The zero-order valence-corrected chi connectivity index (χ0v) is 11.9. The maximum Gasteiger partial charge on any atom is 0.231 e. The van der Waals surface area contributed by atoms with E-state index in [1.54, 1.807) is 6.07 Å². The molecule has 6 heteroatoms. The van der Waals surface area contributed by atoms with Crippen molar-refractivity contribution in [1.82, 2.24) is 0 Å². The largest absolute Gasteiger partial charge is 0.454 e. The summed E-state index contributed by atoms with van der Waals surface area (Å²) in [6.45, 7) is 0.562. The Morgan fingerprint density at radius 3 is 2.76 bits per heavy atom. The summed E-state index contributed by atoms with van der Waals surface area (Å²) >= 11 is 5.85. The van der Waals surface area contributed by atoms with Gasteiger partial charge in [-0.05, 0) is 35.9 Å². The summed E-state index contributed by atoms with van der Waals surface area (Å²) in [5.74, 6) is 1.000. The molecule has 0 amide bonds. The molecule has 0 fully saturated rings. The van der Waals surface area contributed by atoms with Crippen LogP contribution in [0.1, 0.15) is 11.6 Å². The second kappa shape index (κ2) is 5.79. The van der Waals surface area contributed by atoms with Crippen molar-refractivity contribution in [2.45, 2.75) is 6.04 Å². The van der Waals surface area contributed by atoms with Crippen molar-refractivity contribution in [3.63, 3.8) is 0 Å². The third-order valence-electron chi connectivity index (χ3n) is 3.24. The molecule has 0 radical (unpaired) electrons. The van der Waals surface area contributed by atoms with E-state index in [-0.39, 0.29) is 12.8 Å². The lowest BCUT2D eigenvalue weighted by Crippen LogP contribution is -2.20. The van der Waals surface area contributed by atoms with Crippen molar-refractivity contribution >= 4 is 17.3 Å². The first kappa shape index (κ1) is 14.0. The first-order chi connectivity index (χ1) is 10.2. The predicted octanol–water partition coefficient (Wildman–Crippen LogP) is 3.32. The molecule has 110 valence electrons. The molecular weight excluding hydrogens is 295 g/mol. The Labute approximate surface area is 126 Å². The van der Waals surface area contributed by atoms with Gasteiger partial charge < -0.3 is 20.5 Å². The Kier molecular flexibility index (Phi) is 3.86. The molecule has 0 aromatic heterocycles. The lowest BCUT2D eigenvalue weighted by atomic mass is 10.1. The standard InChI is InChI=1S/C15H14ClFN2O2/c16-10-4-11(17)6-12(5-10)19-13(7-18)9-1-2-14-15(3-9)21-8-20-14/h1-6,13,19H,7-8,18H2. The first-order valence-electron chi connectivity index (χ1n) is 6.48. The molecule has 21 heavy (non-hydrogen) atoms. The fourth-order valence-corrected chi connectivity index (χ4v) is 2.47. The Hall–Kier alpha value is -1.98. The van der Waals surface area contributed by atoms with Gasteiger partial charge in [0.15, 0.2) is 11.5 Å². The minimum absolute atomic E-state index is 0.183. The highest BCUT2D eigenvalue weighted by atomic mass is 35.5. The molecule has 0 spiro atoms. The quantitative estimate of drug-likeness (QED) is 0.910. The Morgan fingerprint density at radius 1 is 1.19 bits per heavy atom. The van der Waals surface area contributed by atoms with Crippen LogP contribution in [0.25, 0.3) is 0 Å². The van der Waals surface area contributed by atoms with Crippen LogP contribution < -0.4 is 20.5 Å². The number of rotatable bonds is 4. The molecule has 1 heterocycles. The Balaban J connectivity index is 1.84. The molecule has 4 nitrogen and oxygen atoms in total. The Morgan fingerprint density at radius 2 is 2.00 bits per heavy atom. The third-order valence-corrected chi connectivity index (χ3v) is 3.46. The summed E-state index contributed by atoms with van der Waals surface area (Å²) in [5.41, 5.74) is 7.32. The van der Waals surface area contributed by atoms with E-state index in [1.165, 1.54) is 12.1 Å². The number of fused-ring (bicyclic) bond motifs is 1. The van der Waals surface area contributed by atoms with E-state index in [4.69, 9.17) is 26.8 Å². The summed E-state index contributed by atoms with van der Waals surface area (Å²) in [6, 6.07) is 9.71. The van der Waals surface area contributed by atoms with Crippen molar-refractivity contribution in [3.05, 3.63) is 52.8 Å². The average Bonchev–Trinajstić information content (AvgIpc) is 2.91. The van der Waals surface area contributed by atoms with Gasteiger partial charge in [0, 0.05) is 17.3 Å². The molecule has 3 rings (SSSR count). The maximum absolute atomic E-state index is 13.4. The molecule has 0 bridgehead atoms. The van der Waals surface area contributed by atoms with Crippen molar-refractivity contribution in [2.75, 3.05) is 18.7 Å². The highest BCUT2D eigenvalue weighted by Crippen LogP contribution is 2.35. The van der Waals surface area contributed by atoms with Crippen LogP contribution in [-0.2, 0) is 0 Å². The van der Waals surface area contributed by atoms with Gasteiger partial charge in [-0.15, -0.1) is 0 Å². The number of hydrogen-bond acceptors (Lipinski definition) is 4. The van der Waals surface area contributed by atoms with E-state index in [0.717, 1.165) is 5.56 Å². The summed E-state index contributed by atoms with van der Waals surface area (Å²) in [4.78, 5) is 0. The highest BCUT2D eigenvalue weighted by molar-refractivity contribution is 6.30. The first-order valence-corrected chi connectivity index (χ1v) is 6.86. The molecule has 2 aromatic carbocycles. The van der Waals surface area contributed by atoms with Crippen molar-refractivity contribution in [1.29, 1.82) is 0 Å². The van der Waals surface area contributed by atoms with E-state index in [9.17, 15) is 4.39 Å². The average molecular weight is 309 g/mol. The molecule has 0 aliphatic carbocycles. The number of benzene rings is 2. The molecule has 1 unspecified atom stereocenters. The van der Waals surface area contributed by atoms with Gasteiger partial charge in [0.2, 0.25) is 6.79 Å². The third kappa shape index (κ3) is 3.04. The second-order valence-electron chi connectivity index (χ2n) is 4.70. The Bertz CT molecular complexity index is 646. The van der Waals surface area contributed by atoms with Crippen LogP contribution in [0.3, 0.4) is 0 Å². The minimum atomic E-state index is -0.397. The number of ether oxygens (including phenoxy) is 2. The fourth-order valence-electron chi connectivity index (χ4n) is 2.25. The smallest absolute Gasteiger partial charge is 0.231 e. The van der Waals surface area contributed by atoms with Gasteiger partial charge >= 0.3 is 0 Å². The molecule has 0 saturated carbocycles. The lowest BCUT2D eigenvalue weighted by molar-refractivity contribution is 0.174. The number of hydrogen-bond donors (Lipinski definition) is 2. The van der Waals surface area contributed by atoms with E-state index < -0.39 is 5.82 Å². The minimum Gasteiger partial charge on any atom is -0.454 e. The van der Waals surface area contributed by atoms with Crippen molar-refractivity contribution in [2.24, 2.45) is 5.73 Å². The summed E-state index contributed by atoms with van der Waals surface area (Å²) < 4.78 is 24.0.